The Hall–Kier alpha value is -3.02. The number of rotatable bonds is 5. The molecule has 2 aromatic rings. The Balaban J connectivity index is 1.52. The highest BCUT2D eigenvalue weighted by molar-refractivity contribution is 8.23. The molecule has 1 amide bonds. The summed E-state index contributed by atoms with van der Waals surface area (Å²) in [7, 11) is 0. The molecular weight excluding hydrogens is 540 g/mol. The van der Waals surface area contributed by atoms with Crippen molar-refractivity contribution in [2.75, 3.05) is 32.1 Å². The van der Waals surface area contributed by atoms with Gasteiger partial charge in [-0.15, -0.1) is 0 Å². The van der Waals surface area contributed by atoms with Crippen LogP contribution in [0.5, 0.6) is 0 Å². The minimum atomic E-state index is -1.06. The molecule has 1 N–H and O–H groups in total. The molecule has 0 radical (unpaired) electrons. The summed E-state index contributed by atoms with van der Waals surface area (Å²) < 4.78 is 60.2. The average Bonchev–Trinajstić information content (AvgIpc) is 2.90. The van der Waals surface area contributed by atoms with Crippen molar-refractivity contribution >= 4 is 52.1 Å². The van der Waals surface area contributed by atoms with Crippen LogP contribution >= 0.6 is 24.0 Å². The van der Waals surface area contributed by atoms with Crippen LogP contribution in [-0.4, -0.2) is 59.0 Å². The Kier molecular flexibility index (Phi) is 9.35. The molecule has 5 nitrogen and oxygen atoms in total. The monoisotopic (exact) mass is 564 g/mol. The normalized spacial score (nSPS) is 20.2. The van der Waals surface area contributed by atoms with E-state index in [-0.39, 0.29) is 52.6 Å². The lowest BCUT2D eigenvalue weighted by molar-refractivity contribution is -0.120. The third kappa shape index (κ3) is 7.30. The molecule has 1 heterocycles. The molecule has 2 fully saturated rings. The first-order valence-corrected chi connectivity index (χ1v) is 13.2. The number of nitrogens with zero attached hydrogens (tertiary/aromatic N) is 1. The van der Waals surface area contributed by atoms with Crippen LogP contribution < -0.4 is 5.32 Å². The maximum absolute atomic E-state index is 13.8. The number of amides is 1. The van der Waals surface area contributed by atoms with Crippen LogP contribution in [0.15, 0.2) is 47.5 Å². The molecular formula is C27H24F4N2O3S2. The third-order valence-electron chi connectivity index (χ3n) is 6.05. The molecule has 0 unspecified atom stereocenters. The molecule has 1 aliphatic carbocycles. The van der Waals surface area contributed by atoms with E-state index in [2.05, 4.69) is 5.32 Å². The number of Topliss-reactive ketones (excluding diaryl/α,β-unsaturated/α-hetero) is 1. The molecule has 0 atom stereocenters. The minimum Gasteiger partial charge on any atom is -0.378 e. The van der Waals surface area contributed by atoms with Crippen LogP contribution in [0, 0.1) is 23.3 Å². The maximum Gasteiger partial charge on any atom is 0.230 e. The number of thioether (sulfide) groups is 1. The van der Waals surface area contributed by atoms with Crippen molar-refractivity contribution in [1.29, 1.82) is 0 Å². The summed E-state index contributed by atoms with van der Waals surface area (Å²) >= 11 is 6.64. The number of halogens is 4. The Labute approximate surface area is 226 Å². The number of hydrogen-bond donors (Lipinski definition) is 1. The summed E-state index contributed by atoms with van der Waals surface area (Å²) in [6.07, 6.45) is 3.17. The molecule has 1 aliphatic heterocycles. The third-order valence-corrected chi connectivity index (χ3v) is 7.57. The van der Waals surface area contributed by atoms with Crippen molar-refractivity contribution in [3.8, 4) is 0 Å². The lowest BCUT2D eigenvalue weighted by atomic mass is 9.83. The summed E-state index contributed by atoms with van der Waals surface area (Å²) in [5.41, 5.74) is 1.08. The molecule has 0 aromatic heterocycles. The zero-order valence-electron chi connectivity index (χ0n) is 20.1. The van der Waals surface area contributed by atoms with Gasteiger partial charge in [0.1, 0.15) is 4.32 Å². The van der Waals surface area contributed by atoms with Crippen molar-refractivity contribution < 1.29 is 31.9 Å². The van der Waals surface area contributed by atoms with Crippen LogP contribution in [0.25, 0.3) is 12.2 Å². The first kappa shape index (κ1) is 28.0. The smallest absolute Gasteiger partial charge is 0.230 e. The SMILES string of the molecule is O=C(CSC(=S)N1CCOCC1)NC1CC(=Cc2ccc(F)c(F)c2)C(=O)C(=Cc2ccc(F)c(F)c2)C1. The van der Waals surface area contributed by atoms with Gasteiger partial charge in [0, 0.05) is 30.3 Å². The summed E-state index contributed by atoms with van der Waals surface area (Å²) in [5, 5.41) is 2.91. The van der Waals surface area contributed by atoms with Gasteiger partial charge in [0.05, 0.1) is 19.0 Å². The molecule has 0 bridgehead atoms. The molecule has 2 aliphatic rings. The van der Waals surface area contributed by atoms with Crippen molar-refractivity contribution in [1.82, 2.24) is 10.2 Å². The van der Waals surface area contributed by atoms with Gasteiger partial charge in [-0.1, -0.05) is 36.1 Å². The number of ketones is 1. The number of carbonyl (C=O) groups is 2. The predicted molar refractivity (Wildman–Crippen MR) is 142 cm³/mol. The first-order valence-electron chi connectivity index (χ1n) is 11.8. The second kappa shape index (κ2) is 12.7. The van der Waals surface area contributed by atoms with Gasteiger partial charge in [-0.3, -0.25) is 9.59 Å². The number of thiocarbonyl (C=S) groups is 1. The van der Waals surface area contributed by atoms with E-state index >= 15 is 0 Å². The fraction of sp³-hybridized carbons (Fsp3) is 0.296. The Bertz CT molecular complexity index is 1240. The molecule has 4 rings (SSSR count). The summed E-state index contributed by atoms with van der Waals surface area (Å²) in [4.78, 5) is 27.9. The Morgan fingerprint density at radius 1 is 0.947 bits per heavy atom. The van der Waals surface area contributed by atoms with Gasteiger partial charge < -0.3 is 15.0 Å². The Morgan fingerprint density at radius 3 is 1.97 bits per heavy atom. The van der Waals surface area contributed by atoms with E-state index in [4.69, 9.17) is 17.0 Å². The number of benzene rings is 2. The fourth-order valence-electron chi connectivity index (χ4n) is 4.19. The lowest BCUT2D eigenvalue weighted by Crippen LogP contribution is -2.41. The molecule has 1 saturated heterocycles. The highest BCUT2D eigenvalue weighted by atomic mass is 32.2. The first-order chi connectivity index (χ1) is 18.2. The standard InChI is InChI=1S/C27H24F4N2O3S2/c28-21-3-1-16(11-23(21)30)9-18-13-20(32-25(34)15-38-27(37)33-5-7-36-8-6-33)14-19(26(18)35)10-17-2-4-22(29)24(31)12-17/h1-4,9-12,20H,5-8,13-15H2,(H,32,34). The van der Waals surface area contributed by atoms with Crippen LogP contribution in [0.3, 0.4) is 0 Å². The van der Waals surface area contributed by atoms with E-state index in [0.717, 1.165) is 24.3 Å². The second-order valence-corrected chi connectivity index (χ2v) is 10.5. The van der Waals surface area contributed by atoms with E-state index in [0.29, 0.717) is 30.6 Å². The highest BCUT2D eigenvalue weighted by Gasteiger charge is 2.29. The summed E-state index contributed by atoms with van der Waals surface area (Å²) in [6.45, 7) is 2.47. The van der Waals surface area contributed by atoms with Crippen LogP contribution in [0.4, 0.5) is 17.6 Å². The van der Waals surface area contributed by atoms with E-state index in [1.165, 1.54) is 36.0 Å². The van der Waals surface area contributed by atoms with Gasteiger partial charge in [-0.2, -0.15) is 0 Å². The van der Waals surface area contributed by atoms with Crippen LogP contribution in [0.2, 0.25) is 0 Å². The largest absolute Gasteiger partial charge is 0.378 e. The van der Waals surface area contributed by atoms with E-state index < -0.39 is 29.3 Å². The zero-order valence-corrected chi connectivity index (χ0v) is 21.8. The van der Waals surface area contributed by atoms with Crippen molar-refractivity contribution in [2.45, 2.75) is 18.9 Å². The van der Waals surface area contributed by atoms with Gasteiger partial charge >= 0.3 is 0 Å². The fourth-order valence-corrected chi connectivity index (χ4v) is 5.25. The van der Waals surface area contributed by atoms with Gasteiger partial charge in [0.25, 0.3) is 0 Å². The Morgan fingerprint density at radius 2 is 1.47 bits per heavy atom. The second-order valence-electron chi connectivity index (χ2n) is 8.84. The number of ether oxygens (including phenoxy) is 1. The average molecular weight is 565 g/mol. The molecule has 1 saturated carbocycles. The maximum atomic E-state index is 13.8. The summed E-state index contributed by atoms with van der Waals surface area (Å²) in [5.74, 6) is -4.74. The predicted octanol–water partition coefficient (Wildman–Crippen LogP) is 4.91. The van der Waals surface area contributed by atoms with Gasteiger partial charge in [0.15, 0.2) is 29.1 Å². The van der Waals surface area contributed by atoms with E-state index in [9.17, 15) is 27.2 Å². The highest BCUT2D eigenvalue weighted by Crippen LogP contribution is 2.29. The van der Waals surface area contributed by atoms with Crippen LogP contribution in [-0.2, 0) is 14.3 Å². The van der Waals surface area contributed by atoms with E-state index in [1.54, 1.807) is 0 Å². The van der Waals surface area contributed by atoms with Crippen LogP contribution in [0.1, 0.15) is 24.0 Å². The van der Waals surface area contributed by atoms with E-state index in [1.807, 2.05) is 4.90 Å². The lowest BCUT2D eigenvalue weighted by Gasteiger charge is -2.29. The van der Waals surface area contributed by atoms with Crippen molar-refractivity contribution in [3.63, 3.8) is 0 Å². The van der Waals surface area contributed by atoms with Gasteiger partial charge in [0.2, 0.25) is 5.91 Å². The molecule has 2 aromatic carbocycles. The summed E-state index contributed by atoms with van der Waals surface area (Å²) in [6, 6.07) is 6.04. The van der Waals surface area contributed by atoms with Gasteiger partial charge in [-0.25, -0.2) is 17.6 Å². The van der Waals surface area contributed by atoms with Gasteiger partial charge in [-0.05, 0) is 60.4 Å². The number of hydrogen-bond acceptors (Lipinski definition) is 5. The number of morpholine rings is 1. The molecule has 200 valence electrons. The molecule has 38 heavy (non-hydrogen) atoms. The number of carbonyl (C=O) groups excluding carboxylic acids is 2. The van der Waals surface area contributed by atoms with Crippen molar-refractivity contribution in [3.05, 3.63) is 81.9 Å². The topological polar surface area (TPSA) is 58.6 Å². The quantitative estimate of drug-likeness (QED) is 0.317. The zero-order chi connectivity index (χ0) is 27.2. The molecule has 0 spiro atoms. The minimum absolute atomic E-state index is 0.0745. The number of nitrogens with one attached hydrogen (secondary N) is 1. The molecule has 11 heteroatoms. The van der Waals surface area contributed by atoms with Crippen molar-refractivity contribution in [2.24, 2.45) is 0 Å².